The Bertz CT molecular complexity index is 154. The molecule has 0 bridgehead atoms. The van der Waals surface area contributed by atoms with Crippen molar-refractivity contribution in [3.8, 4) is 0 Å². The first-order valence-corrected chi connectivity index (χ1v) is 6.67. The van der Waals surface area contributed by atoms with Crippen LogP contribution in [0.25, 0.3) is 0 Å². The quantitative estimate of drug-likeness (QED) is 0.407. The number of aliphatic carboxylic acids is 1. The Morgan fingerprint density at radius 2 is 2.31 bits per heavy atom. The van der Waals surface area contributed by atoms with Crippen molar-refractivity contribution < 1.29 is 40.9 Å². The molecule has 1 saturated heterocycles. The van der Waals surface area contributed by atoms with E-state index in [4.69, 9.17) is 5.11 Å². The summed E-state index contributed by atoms with van der Waals surface area (Å²) in [6, 6.07) is 0. The predicted octanol–water partition coefficient (Wildman–Crippen LogP) is -0.0984. The minimum Gasteiger partial charge on any atom is -1.00 e. The zero-order valence-corrected chi connectivity index (χ0v) is 11.6. The first-order valence-electron chi connectivity index (χ1n) is 4.29. The minimum absolute atomic E-state index is 0. The Hall–Kier alpha value is 1.17. The molecule has 2 nitrogen and oxygen atoms in total. The Kier molecular flexibility index (Phi) is 9.24. The van der Waals surface area contributed by atoms with Crippen molar-refractivity contribution in [2.24, 2.45) is 0 Å². The normalized spacial score (nSPS) is 21.1. The van der Waals surface area contributed by atoms with Gasteiger partial charge < -0.3 is 6.53 Å². The second-order valence-electron chi connectivity index (χ2n) is 2.97. The summed E-state index contributed by atoms with van der Waals surface area (Å²) in [5.74, 6) is 0.609. The maximum Gasteiger partial charge on any atom is 1.00 e. The van der Waals surface area contributed by atoms with Crippen LogP contribution in [0.4, 0.5) is 0 Å². The Morgan fingerprint density at radius 1 is 1.54 bits per heavy atom. The first-order chi connectivity index (χ1) is 5.79. The molecule has 0 aliphatic carbocycles. The van der Waals surface area contributed by atoms with Crippen molar-refractivity contribution in [1.29, 1.82) is 0 Å². The first kappa shape index (κ1) is 14.2. The minimum atomic E-state index is -0.663. The molecule has 1 atom stereocenters. The zero-order valence-electron chi connectivity index (χ0n) is 8.99. The van der Waals surface area contributed by atoms with Crippen LogP contribution in [0, 0.1) is 0 Å². The number of hydrogen-bond donors (Lipinski definition) is 1. The molecule has 0 saturated carbocycles. The summed E-state index contributed by atoms with van der Waals surface area (Å²) in [6.45, 7) is 0. The third-order valence-electron chi connectivity index (χ3n) is 1.89. The van der Waals surface area contributed by atoms with E-state index in [1.54, 1.807) is 0 Å². The molecule has 1 aliphatic heterocycles. The summed E-state index contributed by atoms with van der Waals surface area (Å²) >= 11 is 0. The van der Waals surface area contributed by atoms with Crippen LogP contribution in [-0.2, 0) is 4.79 Å². The molecular weight excluding hydrogens is 215 g/mol. The van der Waals surface area contributed by atoms with Gasteiger partial charge in [0.05, 0.1) is 0 Å². The molecule has 5 heteroatoms. The molecule has 1 fully saturated rings. The molecule has 0 aromatic carbocycles. The molecule has 1 aliphatic rings. The van der Waals surface area contributed by atoms with Crippen LogP contribution in [-0.4, -0.2) is 22.1 Å². The van der Waals surface area contributed by atoms with Gasteiger partial charge in [-0.05, 0) is 19.3 Å². The largest absolute Gasteiger partial charge is 1.00 e. The summed E-state index contributed by atoms with van der Waals surface area (Å²) < 4.78 is 0. The number of unbranched alkanes of at least 4 members (excludes halogenated alkanes) is 1. The summed E-state index contributed by atoms with van der Waals surface area (Å²) in [5.41, 5.74) is 0. The van der Waals surface area contributed by atoms with Crippen molar-refractivity contribution >= 4 is 27.6 Å². The van der Waals surface area contributed by atoms with Gasteiger partial charge in [-0.1, -0.05) is 28.0 Å². The maximum absolute atomic E-state index is 10.2. The van der Waals surface area contributed by atoms with Gasteiger partial charge in [0.1, 0.15) is 0 Å². The third kappa shape index (κ3) is 7.14. The van der Waals surface area contributed by atoms with E-state index in [9.17, 15) is 4.79 Å². The van der Waals surface area contributed by atoms with Crippen molar-refractivity contribution in [3.63, 3.8) is 0 Å². The Balaban J connectivity index is 0. The zero-order chi connectivity index (χ0) is 8.81. The topological polar surface area (TPSA) is 37.3 Å². The molecule has 0 radical (unpaired) electrons. The van der Waals surface area contributed by atoms with Crippen LogP contribution in [0.1, 0.15) is 33.5 Å². The molecule has 0 aromatic rings. The van der Waals surface area contributed by atoms with E-state index in [1.165, 1.54) is 18.6 Å². The van der Waals surface area contributed by atoms with Gasteiger partial charge >= 0.3 is 35.5 Å². The van der Waals surface area contributed by atoms with Gasteiger partial charge in [-0.15, -0.1) is 0 Å². The number of hydrogen-bond acceptors (Lipinski definition) is 3. The molecule has 1 N–H and O–H groups in total. The molecule has 13 heavy (non-hydrogen) atoms. The van der Waals surface area contributed by atoms with Crippen LogP contribution in [0.15, 0.2) is 0 Å². The summed E-state index contributed by atoms with van der Waals surface area (Å²) in [5, 5.41) is 9.19. The van der Waals surface area contributed by atoms with Crippen LogP contribution < -0.4 is 29.6 Å². The van der Waals surface area contributed by atoms with Crippen molar-refractivity contribution in [2.45, 2.75) is 37.4 Å². The van der Waals surface area contributed by atoms with E-state index < -0.39 is 5.97 Å². The molecule has 1 heterocycles. The molecule has 1 rings (SSSR count). The van der Waals surface area contributed by atoms with Gasteiger partial charge in [-0.3, -0.25) is 4.79 Å². The Morgan fingerprint density at radius 3 is 2.85 bits per heavy atom. The van der Waals surface area contributed by atoms with Gasteiger partial charge in [-0.25, -0.2) is 0 Å². The average molecular weight is 230 g/mol. The SMILES string of the molecule is O=C(O)CCCC[C@@H]1CCSS1.[H-].[Na+]. The van der Waals surface area contributed by atoms with Gasteiger partial charge in [0, 0.05) is 17.4 Å². The van der Waals surface area contributed by atoms with E-state index in [0.29, 0.717) is 6.42 Å². The number of rotatable bonds is 5. The van der Waals surface area contributed by atoms with Crippen molar-refractivity contribution in [3.05, 3.63) is 0 Å². The van der Waals surface area contributed by atoms with E-state index in [-0.39, 0.29) is 31.0 Å². The number of carbonyl (C=O) groups is 1. The molecule has 0 unspecified atom stereocenters. The van der Waals surface area contributed by atoms with Crippen LogP contribution in [0.2, 0.25) is 0 Å². The smallest absolute Gasteiger partial charge is 1.00 e. The summed E-state index contributed by atoms with van der Waals surface area (Å²) in [6.07, 6.45) is 4.76. The van der Waals surface area contributed by atoms with Gasteiger partial charge in [0.2, 0.25) is 0 Å². The monoisotopic (exact) mass is 230 g/mol. The summed E-state index contributed by atoms with van der Waals surface area (Å²) in [7, 11) is 3.92. The average Bonchev–Trinajstić information content (AvgIpc) is 2.49. The van der Waals surface area contributed by atoms with Gasteiger partial charge in [0.25, 0.3) is 0 Å². The predicted molar refractivity (Wildman–Crippen MR) is 55.7 cm³/mol. The number of carboxylic acids is 1. The standard InChI is InChI=1S/C8H14O2S2.Na.H/c9-8(10)4-2-1-3-7-5-6-11-12-7;;/h7H,1-6H2,(H,9,10);;/q;+1;-1/t7-;;/m1../s1. The second-order valence-corrected chi connectivity index (χ2v) is 5.76. The molecule has 72 valence electrons. The van der Waals surface area contributed by atoms with Crippen LogP contribution >= 0.6 is 21.6 Å². The van der Waals surface area contributed by atoms with Gasteiger partial charge in [0.15, 0.2) is 0 Å². The van der Waals surface area contributed by atoms with E-state index >= 15 is 0 Å². The van der Waals surface area contributed by atoms with Crippen molar-refractivity contribution in [2.75, 3.05) is 5.75 Å². The fourth-order valence-corrected chi connectivity index (χ4v) is 4.24. The second kappa shape index (κ2) is 8.48. The molecule has 0 spiro atoms. The fourth-order valence-electron chi connectivity index (χ4n) is 1.21. The third-order valence-corrected chi connectivity index (χ3v) is 4.90. The summed E-state index contributed by atoms with van der Waals surface area (Å²) in [4.78, 5) is 10.2. The molecular formula is C8H15NaO2S2. The molecule has 0 amide bonds. The van der Waals surface area contributed by atoms with E-state index in [2.05, 4.69) is 0 Å². The number of carboxylic acid groups (broad SMARTS) is 1. The van der Waals surface area contributed by atoms with E-state index in [0.717, 1.165) is 18.1 Å². The Labute approximate surface area is 111 Å². The molecule has 0 aromatic heterocycles. The van der Waals surface area contributed by atoms with E-state index in [1.807, 2.05) is 21.6 Å². The fraction of sp³-hybridized carbons (Fsp3) is 0.875. The van der Waals surface area contributed by atoms with Crippen LogP contribution in [0.5, 0.6) is 0 Å². The van der Waals surface area contributed by atoms with Crippen LogP contribution in [0.3, 0.4) is 0 Å². The van der Waals surface area contributed by atoms with Gasteiger partial charge in [-0.2, -0.15) is 0 Å². The maximum atomic E-state index is 10.2. The van der Waals surface area contributed by atoms with Crippen molar-refractivity contribution in [1.82, 2.24) is 0 Å².